The predicted molar refractivity (Wildman–Crippen MR) is 152 cm³/mol. The average Bonchev–Trinajstić information content (AvgIpc) is 2.94. The van der Waals surface area contributed by atoms with E-state index < -0.39 is 16.1 Å². The summed E-state index contributed by atoms with van der Waals surface area (Å²) >= 11 is 6.03. The van der Waals surface area contributed by atoms with E-state index in [0.29, 0.717) is 23.7 Å². The molecule has 0 radical (unpaired) electrons. The van der Waals surface area contributed by atoms with Gasteiger partial charge in [-0.2, -0.15) is 0 Å². The second-order valence-electron chi connectivity index (χ2n) is 9.00. The highest BCUT2D eigenvalue weighted by atomic mass is 35.5. The lowest BCUT2D eigenvalue weighted by atomic mass is 10.1. The standard InChI is InChI=1S/C29H34ClN3O5S/c1-4-32-39(36,37)26-16-11-22(12-17-26)13-18-28(34)33(20-23-9-14-25(30)15-10-23)21(2)29(35)31-19-24-7-5-6-8-27(24)38-3/h5-12,14-17,21,32H,4,13,18-20H2,1-3H3,(H,31,35)/t21-/m0/s1. The molecule has 0 saturated carbocycles. The van der Waals surface area contributed by atoms with E-state index in [-0.39, 0.29) is 36.2 Å². The fourth-order valence-electron chi connectivity index (χ4n) is 4.05. The van der Waals surface area contributed by atoms with Crippen LogP contribution < -0.4 is 14.8 Å². The fraction of sp³-hybridized carbons (Fsp3) is 0.310. The molecule has 208 valence electrons. The first-order valence-corrected chi connectivity index (χ1v) is 14.5. The number of halogens is 1. The molecule has 0 saturated heterocycles. The second kappa shape index (κ2) is 14.1. The molecular formula is C29H34ClN3O5S. The summed E-state index contributed by atoms with van der Waals surface area (Å²) in [4.78, 5) is 28.3. The van der Waals surface area contributed by atoms with Crippen molar-refractivity contribution >= 4 is 33.4 Å². The maximum atomic E-state index is 13.4. The van der Waals surface area contributed by atoms with Crippen LogP contribution in [-0.4, -0.2) is 44.8 Å². The lowest BCUT2D eigenvalue weighted by molar-refractivity contribution is -0.140. The smallest absolute Gasteiger partial charge is 0.242 e. The van der Waals surface area contributed by atoms with Gasteiger partial charge < -0.3 is 15.0 Å². The summed E-state index contributed by atoms with van der Waals surface area (Å²) in [6.45, 7) is 4.21. The Bertz CT molecular complexity index is 1360. The summed E-state index contributed by atoms with van der Waals surface area (Å²) in [6, 6.07) is 20.3. The van der Waals surface area contributed by atoms with E-state index in [1.807, 2.05) is 36.4 Å². The molecule has 3 aromatic rings. The molecule has 10 heteroatoms. The van der Waals surface area contributed by atoms with E-state index in [9.17, 15) is 18.0 Å². The molecule has 2 amide bonds. The van der Waals surface area contributed by atoms with Gasteiger partial charge in [-0.25, -0.2) is 13.1 Å². The number of para-hydroxylation sites is 1. The van der Waals surface area contributed by atoms with E-state index in [1.54, 1.807) is 50.1 Å². The van der Waals surface area contributed by atoms with Crippen LogP contribution in [0.1, 0.15) is 37.0 Å². The van der Waals surface area contributed by atoms with Crippen molar-refractivity contribution in [3.63, 3.8) is 0 Å². The molecule has 0 fully saturated rings. The zero-order valence-corrected chi connectivity index (χ0v) is 23.9. The number of nitrogens with one attached hydrogen (secondary N) is 2. The van der Waals surface area contributed by atoms with Gasteiger partial charge in [-0.3, -0.25) is 9.59 Å². The summed E-state index contributed by atoms with van der Waals surface area (Å²) in [7, 11) is -1.97. The van der Waals surface area contributed by atoms with Gasteiger partial charge in [0.15, 0.2) is 0 Å². The van der Waals surface area contributed by atoms with Crippen LogP contribution in [0.2, 0.25) is 5.02 Å². The minimum atomic E-state index is -3.55. The van der Waals surface area contributed by atoms with Gasteiger partial charge >= 0.3 is 0 Å². The van der Waals surface area contributed by atoms with Crippen molar-refractivity contribution < 1.29 is 22.7 Å². The van der Waals surface area contributed by atoms with Crippen LogP contribution in [0.5, 0.6) is 5.75 Å². The number of amides is 2. The van der Waals surface area contributed by atoms with Crippen LogP contribution in [0.4, 0.5) is 0 Å². The lowest BCUT2D eigenvalue weighted by Crippen LogP contribution is -2.47. The Morgan fingerprint density at radius 3 is 2.26 bits per heavy atom. The zero-order valence-electron chi connectivity index (χ0n) is 22.3. The quantitative estimate of drug-likeness (QED) is 0.318. The molecule has 0 aliphatic rings. The number of methoxy groups -OCH3 is 1. The third-order valence-electron chi connectivity index (χ3n) is 6.27. The zero-order chi connectivity index (χ0) is 28.4. The SMILES string of the molecule is CCNS(=O)(=O)c1ccc(CCC(=O)N(Cc2ccc(Cl)cc2)[C@@H](C)C(=O)NCc2ccccc2OC)cc1. The van der Waals surface area contributed by atoms with Crippen LogP contribution in [-0.2, 0) is 39.1 Å². The first-order chi connectivity index (χ1) is 18.6. The predicted octanol–water partition coefficient (Wildman–Crippen LogP) is 4.31. The van der Waals surface area contributed by atoms with Crippen LogP contribution in [0.3, 0.4) is 0 Å². The monoisotopic (exact) mass is 571 g/mol. The first kappa shape index (κ1) is 30.1. The maximum absolute atomic E-state index is 13.4. The van der Waals surface area contributed by atoms with Crippen molar-refractivity contribution in [3.05, 3.63) is 94.5 Å². The topological polar surface area (TPSA) is 105 Å². The molecule has 1 atom stereocenters. The van der Waals surface area contributed by atoms with Crippen molar-refractivity contribution in [1.82, 2.24) is 14.9 Å². The summed E-state index contributed by atoms with van der Waals surface area (Å²) < 4.78 is 32.2. The Hall–Kier alpha value is -3.40. The number of nitrogens with zero attached hydrogens (tertiary/aromatic N) is 1. The Morgan fingerprint density at radius 2 is 1.62 bits per heavy atom. The van der Waals surface area contributed by atoms with E-state index >= 15 is 0 Å². The summed E-state index contributed by atoms with van der Waals surface area (Å²) in [5.41, 5.74) is 2.49. The number of sulfonamides is 1. The number of ether oxygens (including phenoxy) is 1. The first-order valence-electron chi connectivity index (χ1n) is 12.7. The highest BCUT2D eigenvalue weighted by molar-refractivity contribution is 7.89. The normalized spacial score (nSPS) is 12.0. The highest BCUT2D eigenvalue weighted by Crippen LogP contribution is 2.19. The third kappa shape index (κ3) is 8.54. The average molecular weight is 572 g/mol. The van der Waals surface area contributed by atoms with E-state index in [4.69, 9.17) is 16.3 Å². The maximum Gasteiger partial charge on any atom is 0.242 e. The van der Waals surface area contributed by atoms with Gasteiger partial charge in [0.2, 0.25) is 21.8 Å². The number of aryl methyl sites for hydroxylation is 1. The van der Waals surface area contributed by atoms with E-state index in [2.05, 4.69) is 10.0 Å². The molecule has 3 rings (SSSR count). The lowest BCUT2D eigenvalue weighted by Gasteiger charge is -2.29. The van der Waals surface area contributed by atoms with Gasteiger partial charge in [0.05, 0.1) is 12.0 Å². The summed E-state index contributed by atoms with van der Waals surface area (Å²) in [5.74, 6) is 0.180. The molecule has 0 unspecified atom stereocenters. The van der Waals surface area contributed by atoms with Crippen molar-refractivity contribution in [1.29, 1.82) is 0 Å². The molecular weight excluding hydrogens is 538 g/mol. The van der Waals surface area contributed by atoms with Gasteiger partial charge in [0, 0.05) is 36.6 Å². The Balaban J connectivity index is 1.71. The van der Waals surface area contributed by atoms with E-state index in [0.717, 1.165) is 16.7 Å². The van der Waals surface area contributed by atoms with Crippen molar-refractivity contribution in [2.45, 2.75) is 50.7 Å². The molecule has 0 aliphatic carbocycles. The molecule has 39 heavy (non-hydrogen) atoms. The molecule has 0 aromatic heterocycles. The number of benzene rings is 3. The van der Waals surface area contributed by atoms with Crippen LogP contribution >= 0.6 is 11.6 Å². The minimum Gasteiger partial charge on any atom is -0.496 e. The number of hydrogen-bond acceptors (Lipinski definition) is 5. The number of carbonyl (C=O) groups is 2. The fourth-order valence-corrected chi connectivity index (χ4v) is 5.22. The van der Waals surface area contributed by atoms with Gasteiger partial charge in [0.1, 0.15) is 11.8 Å². The van der Waals surface area contributed by atoms with Gasteiger partial charge in [-0.05, 0) is 54.8 Å². The van der Waals surface area contributed by atoms with Crippen molar-refractivity contribution in [2.75, 3.05) is 13.7 Å². The number of carbonyl (C=O) groups excluding carboxylic acids is 2. The molecule has 0 aliphatic heterocycles. The van der Waals surface area contributed by atoms with Gasteiger partial charge in [-0.15, -0.1) is 0 Å². The molecule has 2 N–H and O–H groups in total. The molecule has 8 nitrogen and oxygen atoms in total. The number of rotatable bonds is 13. The Kier molecular flexibility index (Phi) is 10.9. The van der Waals surface area contributed by atoms with E-state index in [1.165, 1.54) is 12.1 Å². The van der Waals surface area contributed by atoms with Crippen molar-refractivity contribution in [3.8, 4) is 5.75 Å². The van der Waals surface area contributed by atoms with Crippen LogP contribution in [0, 0.1) is 0 Å². The second-order valence-corrected chi connectivity index (χ2v) is 11.2. The summed E-state index contributed by atoms with van der Waals surface area (Å²) in [6.07, 6.45) is 0.546. The molecule has 0 heterocycles. The largest absolute Gasteiger partial charge is 0.496 e. The molecule has 0 bridgehead atoms. The van der Waals surface area contributed by atoms with Crippen LogP contribution in [0.25, 0.3) is 0 Å². The third-order valence-corrected chi connectivity index (χ3v) is 8.09. The molecule has 3 aromatic carbocycles. The minimum absolute atomic E-state index is 0.150. The van der Waals surface area contributed by atoms with Crippen LogP contribution in [0.15, 0.2) is 77.7 Å². The summed E-state index contributed by atoms with van der Waals surface area (Å²) in [5, 5.41) is 3.49. The Labute approximate surface area is 235 Å². The van der Waals surface area contributed by atoms with Crippen molar-refractivity contribution in [2.24, 2.45) is 0 Å². The Morgan fingerprint density at radius 1 is 0.974 bits per heavy atom. The van der Waals surface area contributed by atoms with Gasteiger partial charge in [0.25, 0.3) is 0 Å². The highest BCUT2D eigenvalue weighted by Gasteiger charge is 2.26. The van der Waals surface area contributed by atoms with Gasteiger partial charge in [-0.1, -0.05) is 61.0 Å². The number of hydrogen-bond donors (Lipinski definition) is 2. The molecule has 0 spiro atoms.